The fraction of sp³-hybridized carbons (Fsp3) is 0.500. The Labute approximate surface area is 70.5 Å². The molecular formula is C8H8Cl2. The summed E-state index contributed by atoms with van der Waals surface area (Å²) in [6, 6.07) is 0. The summed E-state index contributed by atoms with van der Waals surface area (Å²) < 4.78 is -0.457. The van der Waals surface area contributed by atoms with Gasteiger partial charge in [-0.05, 0) is 6.42 Å². The molecule has 0 aromatic rings. The first kappa shape index (κ1) is 6.75. The van der Waals surface area contributed by atoms with Gasteiger partial charge < -0.3 is 0 Å². The highest BCUT2D eigenvalue weighted by Crippen LogP contribution is 2.62. The molecule has 2 aliphatic rings. The fourth-order valence-corrected chi connectivity index (χ4v) is 2.24. The van der Waals surface area contributed by atoms with E-state index in [4.69, 9.17) is 23.2 Å². The van der Waals surface area contributed by atoms with Crippen molar-refractivity contribution in [2.45, 2.75) is 10.8 Å². The van der Waals surface area contributed by atoms with Gasteiger partial charge in [-0.25, -0.2) is 0 Å². The van der Waals surface area contributed by atoms with Crippen molar-refractivity contribution in [1.29, 1.82) is 0 Å². The van der Waals surface area contributed by atoms with Gasteiger partial charge in [-0.2, -0.15) is 0 Å². The summed E-state index contributed by atoms with van der Waals surface area (Å²) in [7, 11) is 0. The Morgan fingerprint density at radius 3 is 2.90 bits per heavy atom. The first-order valence-corrected chi connectivity index (χ1v) is 4.19. The molecule has 0 nitrogen and oxygen atoms in total. The molecule has 0 amide bonds. The zero-order chi connectivity index (χ0) is 7.19. The Kier molecular flexibility index (Phi) is 1.37. The number of halogens is 2. The number of allylic oxidation sites excluding steroid dienone is 4. The van der Waals surface area contributed by atoms with E-state index in [0.29, 0.717) is 11.8 Å². The second kappa shape index (κ2) is 2.02. The lowest BCUT2D eigenvalue weighted by Gasteiger charge is -1.93. The van der Waals surface area contributed by atoms with Gasteiger partial charge in [0.25, 0.3) is 0 Å². The molecular weight excluding hydrogens is 167 g/mol. The molecule has 2 rings (SSSR count). The third-order valence-electron chi connectivity index (χ3n) is 2.22. The van der Waals surface area contributed by atoms with Gasteiger partial charge in [0.05, 0.1) is 0 Å². The molecule has 0 bridgehead atoms. The van der Waals surface area contributed by atoms with Crippen molar-refractivity contribution in [2.24, 2.45) is 11.8 Å². The van der Waals surface area contributed by atoms with Crippen LogP contribution in [0.15, 0.2) is 24.3 Å². The molecule has 0 aliphatic heterocycles. The van der Waals surface area contributed by atoms with Crippen LogP contribution in [0.1, 0.15) is 6.42 Å². The summed E-state index contributed by atoms with van der Waals surface area (Å²) in [4.78, 5) is 0. The molecule has 1 saturated carbocycles. The zero-order valence-electron chi connectivity index (χ0n) is 5.43. The molecule has 0 aromatic carbocycles. The van der Waals surface area contributed by atoms with Gasteiger partial charge in [-0.3, -0.25) is 0 Å². The number of fused-ring (bicyclic) bond motifs is 1. The van der Waals surface area contributed by atoms with Crippen LogP contribution >= 0.6 is 23.2 Å². The Bertz CT molecular complexity index is 203. The molecule has 0 heterocycles. The second-order valence-corrected chi connectivity index (χ2v) is 4.30. The molecule has 0 spiro atoms. The molecule has 2 aliphatic carbocycles. The number of alkyl halides is 2. The maximum absolute atomic E-state index is 5.97. The molecule has 10 heavy (non-hydrogen) atoms. The minimum Gasteiger partial charge on any atom is -0.101 e. The Morgan fingerprint density at radius 1 is 1.30 bits per heavy atom. The average molecular weight is 175 g/mol. The van der Waals surface area contributed by atoms with Crippen molar-refractivity contribution in [1.82, 2.24) is 0 Å². The highest BCUT2D eigenvalue weighted by molar-refractivity contribution is 6.51. The van der Waals surface area contributed by atoms with E-state index >= 15 is 0 Å². The highest BCUT2D eigenvalue weighted by atomic mass is 35.5. The maximum Gasteiger partial charge on any atom is 0.128 e. The molecule has 0 radical (unpaired) electrons. The monoisotopic (exact) mass is 174 g/mol. The summed E-state index contributed by atoms with van der Waals surface area (Å²) in [6.45, 7) is 0. The van der Waals surface area contributed by atoms with E-state index in [1.54, 1.807) is 0 Å². The van der Waals surface area contributed by atoms with E-state index in [9.17, 15) is 0 Å². The normalized spacial score (nSPS) is 40.6. The van der Waals surface area contributed by atoms with Crippen molar-refractivity contribution in [3.8, 4) is 0 Å². The smallest absolute Gasteiger partial charge is 0.101 e. The van der Waals surface area contributed by atoms with Gasteiger partial charge in [-0.15, -0.1) is 23.2 Å². The van der Waals surface area contributed by atoms with Crippen LogP contribution in [-0.2, 0) is 0 Å². The second-order valence-electron chi connectivity index (χ2n) is 2.86. The van der Waals surface area contributed by atoms with E-state index < -0.39 is 4.33 Å². The first-order valence-electron chi connectivity index (χ1n) is 3.44. The molecule has 0 N–H and O–H groups in total. The predicted molar refractivity (Wildman–Crippen MR) is 44.3 cm³/mol. The predicted octanol–water partition coefficient (Wildman–Crippen LogP) is 2.92. The third kappa shape index (κ3) is 0.826. The van der Waals surface area contributed by atoms with Gasteiger partial charge in [0.2, 0.25) is 0 Å². The topological polar surface area (TPSA) is 0 Å². The molecule has 0 aromatic heterocycles. The molecule has 0 unspecified atom stereocenters. The minimum atomic E-state index is -0.457. The molecule has 2 heteroatoms. The van der Waals surface area contributed by atoms with Crippen LogP contribution in [0.4, 0.5) is 0 Å². The van der Waals surface area contributed by atoms with Crippen LogP contribution in [0.5, 0.6) is 0 Å². The molecule has 1 fully saturated rings. The Morgan fingerprint density at radius 2 is 2.10 bits per heavy atom. The van der Waals surface area contributed by atoms with Crippen molar-refractivity contribution in [2.75, 3.05) is 0 Å². The van der Waals surface area contributed by atoms with Gasteiger partial charge in [-0.1, -0.05) is 24.3 Å². The maximum atomic E-state index is 5.97. The standard InChI is InChI=1S/C8H8Cl2/c9-8(10)6-4-2-1-3-5-7(6)8/h1-4,6-7H,5H2/t6-,7+/m1/s1. The number of rotatable bonds is 0. The van der Waals surface area contributed by atoms with Crippen LogP contribution in [0.25, 0.3) is 0 Å². The molecule has 0 saturated heterocycles. The Hall–Kier alpha value is 0.0600. The average Bonchev–Trinajstić information content (AvgIpc) is 2.47. The third-order valence-corrected chi connectivity index (χ3v) is 3.28. The van der Waals surface area contributed by atoms with E-state index in [1.807, 2.05) is 6.08 Å². The lowest BCUT2D eigenvalue weighted by molar-refractivity contribution is 0.808. The van der Waals surface area contributed by atoms with E-state index in [1.165, 1.54) is 0 Å². The van der Waals surface area contributed by atoms with Gasteiger partial charge >= 0.3 is 0 Å². The van der Waals surface area contributed by atoms with Gasteiger partial charge in [0.15, 0.2) is 0 Å². The summed E-state index contributed by atoms with van der Waals surface area (Å²) in [5.74, 6) is 0.858. The van der Waals surface area contributed by atoms with Crippen LogP contribution < -0.4 is 0 Å². The first-order chi connectivity index (χ1) is 4.73. The highest BCUT2D eigenvalue weighted by Gasteiger charge is 2.60. The molecule has 54 valence electrons. The van der Waals surface area contributed by atoms with E-state index in [2.05, 4.69) is 18.2 Å². The summed E-state index contributed by atoms with van der Waals surface area (Å²) in [5, 5.41) is 0. The minimum absolute atomic E-state index is 0.394. The van der Waals surface area contributed by atoms with Crippen LogP contribution in [0.3, 0.4) is 0 Å². The van der Waals surface area contributed by atoms with E-state index in [-0.39, 0.29) is 0 Å². The number of hydrogen-bond acceptors (Lipinski definition) is 0. The molecule has 2 atom stereocenters. The van der Waals surface area contributed by atoms with Crippen molar-refractivity contribution in [3.05, 3.63) is 24.3 Å². The van der Waals surface area contributed by atoms with Crippen LogP contribution in [-0.4, -0.2) is 4.33 Å². The largest absolute Gasteiger partial charge is 0.128 e. The van der Waals surface area contributed by atoms with Crippen LogP contribution in [0.2, 0.25) is 0 Å². The van der Waals surface area contributed by atoms with Crippen LogP contribution in [0, 0.1) is 11.8 Å². The summed E-state index contributed by atoms with van der Waals surface area (Å²) >= 11 is 11.9. The summed E-state index contributed by atoms with van der Waals surface area (Å²) in [6.07, 6.45) is 9.31. The number of hydrogen-bond donors (Lipinski definition) is 0. The quantitative estimate of drug-likeness (QED) is 0.496. The van der Waals surface area contributed by atoms with E-state index in [0.717, 1.165) is 6.42 Å². The Balaban J connectivity index is 2.19. The van der Waals surface area contributed by atoms with Crippen molar-refractivity contribution in [3.63, 3.8) is 0 Å². The zero-order valence-corrected chi connectivity index (χ0v) is 6.94. The van der Waals surface area contributed by atoms with Gasteiger partial charge in [0.1, 0.15) is 4.33 Å². The summed E-state index contributed by atoms with van der Waals surface area (Å²) in [5.41, 5.74) is 0. The lowest BCUT2D eigenvalue weighted by atomic mass is 10.2. The van der Waals surface area contributed by atoms with Gasteiger partial charge in [0, 0.05) is 11.8 Å². The van der Waals surface area contributed by atoms with Crippen molar-refractivity contribution >= 4 is 23.2 Å². The van der Waals surface area contributed by atoms with Crippen molar-refractivity contribution < 1.29 is 0 Å². The lowest BCUT2D eigenvalue weighted by Crippen LogP contribution is -1.89. The SMILES string of the molecule is ClC1(Cl)[C@@H]2C=CC=CC[C@@H]21. The fourth-order valence-electron chi connectivity index (χ4n) is 1.47.